The molecule has 2 heterocycles. The maximum absolute atomic E-state index is 12.5. The number of fused-ring (bicyclic) bond motifs is 1. The molecular formula is C22H23F3N2O2S. The van der Waals surface area contributed by atoms with Crippen LogP contribution in [0.2, 0.25) is 0 Å². The predicted octanol–water partition coefficient (Wildman–Crippen LogP) is 5.55. The molecule has 3 aromatic rings. The smallest absolute Gasteiger partial charge is 0.422 e. The molecule has 4 nitrogen and oxygen atoms in total. The molecule has 0 saturated heterocycles. The minimum Gasteiger partial charge on any atom is -0.475 e. The molecule has 1 fully saturated rings. The number of aryl methyl sites for hydroxylation is 1. The van der Waals surface area contributed by atoms with E-state index in [4.69, 9.17) is 4.74 Å². The van der Waals surface area contributed by atoms with Crippen LogP contribution < -0.4 is 10.1 Å². The van der Waals surface area contributed by atoms with Crippen molar-refractivity contribution in [3.05, 3.63) is 53.0 Å². The van der Waals surface area contributed by atoms with Gasteiger partial charge < -0.3 is 14.6 Å². The number of carbonyl (C=O) groups excluding carboxylic acids is 1. The summed E-state index contributed by atoms with van der Waals surface area (Å²) in [7, 11) is 2.03. The SMILES string of the molecule is C[C@@H](NC(=O)C[C@@H]1C[C@@H]1c1cn(C)c2ccccc12)c1ccc(OCC(F)(F)F)s1. The Balaban J connectivity index is 1.31. The number of benzene rings is 1. The molecule has 1 saturated carbocycles. The van der Waals surface area contributed by atoms with Crippen LogP contribution in [0.4, 0.5) is 13.2 Å². The lowest BCUT2D eigenvalue weighted by Gasteiger charge is -2.12. The summed E-state index contributed by atoms with van der Waals surface area (Å²) in [5.41, 5.74) is 2.49. The Morgan fingerprint density at radius 1 is 1.30 bits per heavy atom. The molecule has 2 aromatic heterocycles. The lowest BCUT2D eigenvalue weighted by molar-refractivity contribution is -0.152. The van der Waals surface area contributed by atoms with Crippen LogP contribution >= 0.6 is 11.3 Å². The molecular weight excluding hydrogens is 413 g/mol. The van der Waals surface area contributed by atoms with Crippen LogP contribution in [-0.2, 0) is 11.8 Å². The fraction of sp³-hybridized carbons (Fsp3) is 0.409. The summed E-state index contributed by atoms with van der Waals surface area (Å²) in [6, 6.07) is 11.2. The Kier molecular flexibility index (Phi) is 5.53. The molecule has 3 atom stereocenters. The number of carbonyl (C=O) groups is 1. The van der Waals surface area contributed by atoms with Crippen molar-refractivity contribution in [3.8, 4) is 5.06 Å². The highest BCUT2D eigenvalue weighted by Crippen LogP contribution is 2.51. The van der Waals surface area contributed by atoms with Crippen LogP contribution in [0.3, 0.4) is 0 Å². The number of hydrogen-bond acceptors (Lipinski definition) is 3. The number of halogens is 3. The molecule has 1 amide bonds. The number of ether oxygens (including phenoxy) is 1. The second kappa shape index (κ2) is 7.98. The van der Waals surface area contributed by atoms with Gasteiger partial charge >= 0.3 is 6.18 Å². The summed E-state index contributed by atoms with van der Waals surface area (Å²) in [6.45, 7) is 0.511. The molecule has 0 unspecified atom stereocenters. The molecule has 160 valence electrons. The van der Waals surface area contributed by atoms with E-state index in [9.17, 15) is 18.0 Å². The average Bonchev–Trinajstić information content (AvgIpc) is 3.12. The van der Waals surface area contributed by atoms with Gasteiger partial charge in [0.2, 0.25) is 5.91 Å². The monoisotopic (exact) mass is 436 g/mol. The van der Waals surface area contributed by atoms with Gasteiger partial charge in [-0.2, -0.15) is 13.2 Å². The first-order valence-corrected chi connectivity index (χ1v) is 10.7. The molecule has 1 N–H and O–H groups in total. The highest BCUT2D eigenvalue weighted by molar-refractivity contribution is 7.13. The Morgan fingerprint density at radius 3 is 2.83 bits per heavy atom. The van der Waals surface area contributed by atoms with E-state index in [2.05, 4.69) is 28.2 Å². The molecule has 0 bridgehead atoms. The number of para-hydroxylation sites is 1. The van der Waals surface area contributed by atoms with Gasteiger partial charge in [0.15, 0.2) is 11.7 Å². The number of amides is 1. The van der Waals surface area contributed by atoms with E-state index in [0.717, 1.165) is 22.6 Å². The zero-order chi connectivity index (χ0) is 21.5. The van der Waals surface area contributed by atoms with Crippen molar-refractivity contribution in [3.63, 3.8) is 0 Å². The summed E-state index contributed by atoms with van der Waals surface area (Å²) in [5, 5.41) is 4.39. The number of nitrogens with zero attached hydrogens (tertiary/aromatic N) is 1. The summed E-state index contributed by atoms with van der Waals surface area (Å²) in [6.07, 6.45) is -0.774. The third kappa shape index (κ3) is 4.64. The van der Waals surface area contributed by atoms with E-state index in [0.29, 0.717) is 18.3 Å². The quantitative estimate of drug-likeness (QED) is 0.528. The summed E-state index contributed by atoms with van der Waals surface area (Å²) in [5.74, 6) is 0.666. The van der Waals surface area contributed by atoms with E-state index >= 15 is 0 Å². The second-order valence-electron chi connectivity index (χ2n) is 7.87. The normalized spacial score (nSPS) is 19.6. The van der Waals surface area contributed by atoms with Crippen molar-refractivity contribution in [2.24, 2.45) is 13.0 Å². The molecule has 1 aromatic carbocycles. The van der Waals surface area contributed by atoms with Crippen molar-refractivity contribution in [2.75, 3.05) is 6.61 Å². The van der Waals surface area contributed by atoms with E-state index in [-0.39, 0.29) is 17.0 Å². The third-order valence-corrected chi connectivity index (χ3v) is 6.66. The summed E-state index contributed by atoms with van der Waals surface area (Å²) < 4.78 is 43.7. The Hall–Kier alpha value is -2.48. The maximum atomic E-state index is 12.5. The lowest BCUT2D eigenvalue weighted by Crippen LogP contribution is -2.26. The van der Waals surface area contributed by atoms with E-state index in [1.54, 1.807) is 6.07 Å². The van der Waals surface area contributed by atoms with Crippen LogP contribution in [-0.4, -0.2) is 23.3 Å². The summed E-state index contributed by atoms with van der Waals surface area (Å²) in [4.78, 5) is 13.3. The van der Waals surface area contributed by atoms with Crippen molar-refractivity contribution < 1.29 is 22.7 Å². The van der Waals surface area contributed by atoms with Crippen LogP contribution in [0, 0.1) is 5.92 Å². The van der Waals surface area contributed by atoms with Gasteiger partial charge in [-0.1, -0.05) is 18.2 Å². The molecule has 0 radical (unpaired) electrons. The summed E-state index contributed by atoms with van der Waals surface area (Å²) >= 11 is 1.12. The Morgan fingerprint density at radius 2 is 2.07 bits per heavy atom. The molecule has 8 heteroatoms. The van der Waals surface area contributed by atoms with Crippen molar-refractivity contribution in [1.29, 1.82) is 0 Å². The van der Waals surface area contributed by atoms with Gasteiger partial charge in [-0.3, -0.25) is 4.79 Å². The number of nitrogens with one attached hydrogen (secondary N) is 1. The number of rotatable bonds is 7. The van der Waals surface area contributed by atoms with Gasteiger partial charge in [0, 0.05) is 35.4 Å². The molecule has 1 aliphatic rings. The minimum atomic E-state index is -4.37. The molecule has 4 rings (SSSR count). The van der Waals surface area contributed by atoms with E-state index in [1.165, 1.54) is 22.5 Å². The highest BCUT2D eigenvalue weighted by Gasteiger charge is 2.41. The van der Waals surface area contributed by atoms with E-state index < -0.39 is 12.8 Å². The van der Waals surface area contributed by atoms with Crippen LogP contribution in [0.5, 0.6) is 5.06 Å². The van der Waals surface area contributed by atoms with Gasteiger partial charge in [0.25, 0.3) is 0 Å². The maximum Gasteiger partial charge on any atom is 0.422 e. The zero-order valence-electron chi connectivity index (χ0n) is 16.7. The minimum absolute atomic E-state index is 0.0404. The zero-order valence-corrected chi connectivity index (χ0v) is 17.5. The van der Waals surface area contributed by atoms with Crippen molar-refractivity contribution in [1.82, 2.24) is 9.88 Å². The number of thiophene rings is 1. The van der Waals surface area contributed by atoms with Gasteiger partial charge in [-0.15, -0.1) is 11.3 Å². The first kappa shape index (κ1) is 20.8. The van der Waals surface area contributed by atoms with Crippen molar-refractivity contribution in [2.45, 2.75) is 37.9 Å². The Labute approximate surface area is 176 Å². The van der Waals surface area contributed by atoms with Gasteiger partial charge in [-0.05, 0) is 48.9 Å². The predicted molar refractivity (Wildman–Crippen MR) is 111 cm³/mol. The molecule has 0 spiro atoms. The highest BCUT2D eigenvalue weighted by atomic mass is 32.1. The number of hydrogen-bond donors (Lipinski definition) is 1. The van der Waals surface area contributed by atoms with Gasteiger partial charge in [-0.25, -0.2) is 0 Å². The second-order valence-corrected chi connectivity index (χ2v) is 8.95. The fourth-order valence-corrected chi connectivity index (χ4v) is 4.79. The van der Waals surface area contributed by atoms with Crippen molar-refractivity contribution >= 4 is 28.1 Å². The van der Waals surface area contributed by atoms with Gasteiger partial charge in [0.05, 0.1) is 6.04 Å². The number of alkyl halides is 3. The van der Waals surface area contributed by atoms with Gasteiger partial charge in [0.1, 0.15) is 0 Å². The largest absolute Gasteiger partial charge is 0.475 e. The Bertz CT molecular complexity index is 1060. The van der Waals surface area contributed by atoms with Crippen LogP contribution in [0.1, 0.15) is 42.2 Å². The first-order valence-electron chi connectivity index (χ1n) is 9.84. The average molecular weight is 436 g/mol. The van der Waals surface area contributed by atoms with E-state index in [1.807, 2.05) is 26.1 Å². The third-order valence-electron chi connectivity index (χ3n) is 5.48. The fourth-order valence-electron chi connectivity index (χ4n) is 3.93. The molecule has 0 aliphatic heterocycles. The van der Waals surface area contributed by atoms with Crippen LogP contribution in [0.15, 0.2) is 42.6 Å². The standard InChI is InChI=1S/C22H23F3N2O2S/c1-13(19-7-8-21(30-19)29-12-22(23,24)25)26-20(28)10-14-9-16(14)17-11-27(2)18-6-4-3-5-15(17)18/h3-8,11,13-14,16H,9-10,12H2,1-2H3,(H,26,28)/t13-,14+,16+/m1/s1. The topological polar surface area (TPSA) is 43.3 Å². The first-order chi connectivity index (χ1) is 14.2. The lowest BCUT2D eigenvalue weighted by atomic mass is 10.1. The molecule has 30 heavy (non-hydrogen) atoms. The van der Waals surface area contributed by atoms with Crippen LogP contribution in [0.25, 0.3) is 10.9 Å². The molecule has 1 aliphatic carbocycles. The number of aromatic nitrogens is 1.